The van der Waals surface area contributed by atoms with Gasteiger partial charge in [-0.3, -0.25) is 9.89 Å². The molecular formula is C15H35IN4. The standard InChI is InChI=1S/C15H34N4.HI/c1-11(2)14(7)18-15(16-8)17-9-10-19(12(3)4)13(5)6;/h11-14H,9-10H2,1-8H3,(H2,16,17,18);1H. The van der Waals surface area contributed by atoms with E-state index in [-0.39, 0.29) is 24.0 Å². The second-order valence-corrected chi connectivity index (χ2v) is 6.10. The number of hydrogen-bond acceptors (Lipinski definition) is 2. The molecule has 0 spiro atoms. The van der Waals surface area contributed by atoms with Crippen molar-refractivity contribution in [2.75, 3.05) is 20.1 Å². The Labute approximate surface area is 143 Å². The molecule has 122 valence electrons. The summed E-state index contributed by atoms with van der Waals surface area (Å²) >= 11 is 0. The van der Waals surface area contributed by atoms with Crippen LogP contribution in [0.2, 0.25) is 0 Å². The summed E-state index contributed by atoms with van der Waals surface area (Å²) in [6.07, 6.45) is 0. The fourth-order valence-corrected chi connectivity index (χ4v) is 1.99. The van der Waals surface area contributed by atoms with Gasteiger partial charge in [-0.2, -0.15) is 0 Å². The van der Waals surface area contributed by atoms with Crippen molar-refractivity contribution in [2.45, 2.75) is 66.6 Å². The number of hydrogen-bond donors (Lipinski definition) is 2. The Hall–Kier alpha value is -0.0400. The molecule has 0 amide bonds. The molecule has 0 aliphatic heterocycles. The predicted octanol–water partition coefficient (Wildman–Crippen LogP) is 2.93. The highest BCUT2D eigenvalue weighted by Crippen LogP contribution is 2.03. The molecule has 0 bridgehead atoms. The molecule has 0 aromatic rings. The van der Waals surface area contributed by atoms with Crippen LogP contribution in [0.3, 0.4) is 0 Å². The lowest BCUT2D eigenvalue weighted by atomic mass is 10.1. The number of nitrogens with one attached hydrogen (secondary N) is 2. The Morgan fingerprint density at radius 2 is 1.50 bits per heavy atom. The van der Waals surface area contributed by atoms with E-state index < -0.39 is 0 Å². The molecule has 4 nitrogen and oxygen atoms in total. The van der Waals surface area contributed by atoms with Gasteiger partial charge in [0.25, 0.3) is 0 Å². The van der Waals surface area contributed by atoms with Crippen molar-refractivity contribution in [1.82, 2.24) is 15.5 Å². The van der Waals surface area contributed by atoms with Gasteiger partial charge >= 0.3 is 0 Å². The Morgan fingerprint density at radius 1 is 1.00 bits per heavy atom. The van der Waals surface area contributed by atoms with Crippen LogP contribution in [-0.2, 0) is 0 Å². The van der Waals surface area contributed by atoms with E-state index in [1.54, 1.807) is 0 Å². The molecule has 2 N–H and O–H groups in total. The Bertz CT molecular complexity index is 257. The molecule has 1 atom stereocenters. The van der Waals surface area contributed by atoms with Crippen molar-refractivity contribution >= 4 is 29.9 Å². The Balaban J connectivity index is 0. The molecule has 0 aromatic heterocycles. The number of aliphatic imine (C=N–C) groups is 1. The summed E-state index contributed by atoms with van der Waals surface area (Å²) in [4.78, 5) is 6.75. The Morgan fingerprint density at radius 3 is 1.85 bits per heavy atom. The van der Waals surface area contributed by atoms with Crippen molar-refractivity contribution in [3.8, 4) is 0 Å². The van der Waals surface area contributed by atoms with Crippen molar-refractivity contribution in [1.29, 1.82) is 0 Å². The van der Waals surface area contributed by atoms with E-state index in [4.69, 9.17) is 0 Å². The van der Waals surface area contributed by atoms with Crippen molar-refractivity contribution in [2.24, 2.45) is 10.9 Å². The van der Waals surface area contributed by atoms with Crippen LogP contribution >= 0.6 is 24.0 Å². The van der Waals surface area contributed by atoms with Crippen LogP contribution in [0.5, 0.6) is 0 Å². The summed E-state index contributed by atoms with van der Waals surface area (Å²) in [7, 11) is 1.82. The lowest BCUT2D eigenvalue weighted by molar-refractivity contribution is 0.178. The van der Waals surface area contributed by atoms with E-state index in [2.05, 4.69) is 69.0 Å². The van der Waals surface area contributed by atoms with Crippen LogP contribution in [-0.4, -0.2) is 49.1 Å². The first kappa shape index (κ1) is 22.2. The lowest BCUT2D eigenvalue weighted by Crippen LogP contribution is -2.48. The minimum absolute atomic E-state index is 0. The van der Waals surface area contributed by atoms with Gasteiger partial charge in [0.2, 0.25) is 0 Å². The van der Waals surface area contributed by atoms with E-state index in [0.29, 0.717) is 24.0 Å². The van der Waals surface area contributed by atoms with E-state index in [1.165, 1.54) is 0 Å². The number of rotatable bonds is 7. The van der Waals surface area contributed by atoms with E-state index in [0.717, 1.165) is 19.0 Å². The molecular weight excluding hydrogens is 363 g/mol. The normalized spacial score (nSPS) is 13.9. The molecule has 0 aliphatic rings. The fourth-order valence-electron chi connectivity index (χ4n) is 1.99. The zero-order chi connectivity index (χ0) is 15.0. The molecule has 1 unspecified atom stereocenters. The quantitative estimate of drug-likeness (QED) is 0.394. The van der Waals surface area contributed by atoms with Gasteiger partial charge in [-0.15, -0.1) is 24.0 Å². The van der Waals surface area contributed by atoms with Crippen LogP contribution in [0, 0.1) is 5.92 Å². The third-order valence-corrected chi connectivity index (χ3v) is 3.58. The predicted molar refractivity (Wildman–Crippen MR) is 101 cm³/mol. The van der Waals surface area contributed by atoms with Crippen LogP contribution < -0.4 is 10.6 Å². The summed E-state index contributed by atoms with van der Waals surface area (Å²) in [6, 6.07) is 1.58. The third-order valence-electron chi connectivity index (χ3n) is 3.58. The lowest BCUT2D eigenvalue weighted by Gasteiger charge is -2.31. The van der Waals surface area contributed by atoms with Crippen LogP contribution in [0.4, 0.5) is 0 Å². The van der Waals surface area contributed by atoms with Gasteiger partial charge in [0.15, 0.2) is 5.96 Å². The van der Waals surface area contributed by atoms with Gasteiger partial charge in [0.05, 0.1) is 0 Å². The van der Waals surface area contributed by atoms with Crippen LogP contribution in [0.15, 0.2) is 4.99 Å². The number of nitrogens with zero attached hydrogens (tertiary/aromatic N) is 2. The molecule has 0 aromatic carbocycles. The molecule has 0 saturated heterocycles. The van der Waals surface area contributed by atoms with Crippen molar-refractivity contribution in [3.05, 3.63) is 0 Å². The fraction of sp³-hybridized carbons (Fsp3) is 0.933. The number of guanidine groups is 1. The monoisotopic (exact) mass is 398 g/mol. The van der Waals surface area contributed by atoms with E-state index >= 15 is 0 Å². The second kappa shape index (κ2) is 11.6. The van der Waals surface area contributed by atoms with E-state index in [1.807, 2.05) is 7.05 Å². The highest BCUT2D eigenvalue weighted by molar-refractivity contribution is 14.0. The Kier molecular flexibility index (Phi) is 12.9. The maximum atomic E-state index is 4.27. The molecule has 0 saturated carbocycles. The largest absolute Gasteiger partial charge is 0.355 e. The topological polar surface area (TPSA) is 39.7 Å². The SMILES string of the molecule is CN=C(NCCN(C(C)C)C(C)C)NC(C)C(C)C.I. The molecule has 0 fully saturated rings. The molecule has 20 heavy (non-hydrogen) atoms. The maximum Gasteiger partial charge on any atom is 0.191 e. The molecule has 0 rings (SSSR count). The zero-order valence-electron chi connectivity index (χ0n) is 14.5. The summed E-state index contributed by atoms with van der Waals surface area (Å²) in [5, 5.41) is 6.81. The van der Waals surface area contributed by atoms with Gasteiger partial charge in [-0.25, -0.2) is 0 Å². The van der Waals surface area contributed by atoms with Crippen LogP contribution in [0.1, 0.15) is 48.5 Å². The number of halogens is 1. The minimum Gasteiger partial charge on any atom is -0.355 e. The third kappa shape index (κ3) is 9.00. The average molecular weight is 398 g/mol. The highest BCUT2D eigenvalue weighted by atomic mass is 127. The molecule has 0 aliphatic carbocycles. The van der Waals surface area contributed by atoms with Gasteiger partial charge in [-0.05, 0) is 40.5 Å². The summed E-state index contributed by atoms with van der Waals surface area (Å²) in [5.74, 6) is 1.50. The van der Waals surface area contributed by atoms with Crippen LogP contribution in [0.25, 0.3) is 0 Å². The summed E-state index contributed by atoms with van der Waals surface area (Å²) < 4.78 is 0. The minimum atomic E-state index is 0. The zero-order valence-corrected chi connectivity index (χ0v) is 16.9. The molecule has 5 heteroatoms. The second-order valence-electron chi connectivity index (χ2n) is 6.10. The first-order valence-electron chi connectivity index (χ1n) is 7.52. The van der Waals surface area contributed by atoms with Crippen molar-refractivity contribution < 1.29 is 0 Å². The summed E-state index contributed by atoms with van der Waals surface area (Å²) in [5.41, 5.74) is 0. The van der Waals surface area contributed by atoms with Gasteiger partial charge in [0, 0.05) is 38.3 Å². The first-order chi connectivity index (χ1) is 8.79. The smallest absolute Gasteiger partial charge is 0.191 e. The average Bonchev–Trinajstić information content (AvgIpc) is 2.31. The van der Waals surface area contributed by atoms with Crippen molar-refractivity contribution in [3.63, 3.8) is 0 Å². The first-order valence-corrected chi connectivity index (χ1v) is 7.52. The molecule has 0 radical (unpaired) electrons. The van der Waals surface area contributed by atoms with Gasteiger partial charge < -0.3 is 10.6 Å². The molecule has 0 heterocycles. The van der Waals surface area contributed by atoms with Gasteiger partial charge in [-0.1, -0.05) is 13.8 Å². The highest BCUT2D eigenvalue weighted by Gasteiger charge is 2.13. The van der Waals surface area contributed by atoms with Gasteiger partial charge in [0.1, 0.15) is 0 Å². The van der Waals surface area contributed by atoms with E-state index in [9.17, 15) is 0 Å². The summed E-state index contributed by atoms with van der Waals surface area (Å²) in [6.45, 7) is 17.5. The maximum absolute atomic E-state index is 4.27.